The highest BCUT2D eigenvalue weighted by Gasteiger charge is 2.44. The van der Waals surface area contributed by atoms with Crippen LogP contribution >= 0.6 is 0 Å². The number of halogens is 3. The molecule has 0 amide bonds. The lowest BCUT2D eigenvalue weighted by atomic mass is 10.1. The van der Waals surface area contributed by atoms with Crippen molar-refractivity contribution >= 4 is 0 Å². The Hall–Kier alpha value is -0.330. The minimum Gasteiger partial charge on any atom is -0.400 e. The second-order valence-corrected chi connectivity index (χ2v) is 3.87. The highest BCUT2D eigenvalue weighted by molar-refractivity contribution is 4.75. The van der Waals surface area contributed by atoms with Gasteiger partial charge in [-0.25, -0.2) is 0 Å². The first-order chi connectivity index (χ1) is 7.04. The zero-order valence-corrected chi connectivity index (χ0v) is 8.68. The fraction of sp³-hybridized carbons (Fsp3) is 1.00. The van der Waals surface area contributed by atoms with E-state index >= 15 is 0 Å². The maximum Gasteiger partial charge on any atom is 0.522 e. The lowest BCUT2D eigenvalue weighted by Gasteiger charge is -2.12. The number of aliphatic hydroxyl groups is 1. The van der Waals surface area contributed by atoms with Crippen LogP contribution in [0, 0.1) is 0 Å². The van der Waals surface area contributed by atoms with Crippen LogP contribution in [0.5, 0.6) is 0 Å². The maximum atomic E-state index is 11.9. The molecule has 0 saturated carbocycles. The summed E-state index contributed by atoms with van der Waals surface area (Å²) in [5.41, 5.74) is 0. The Morgan fingerprint density at radius 3 is 2.53 bits per heavy atom. The van der Waals surface area contributed by atoms with Gasteiger partial charge in [-0.2, -0.15) is 0 Å². The van der Waals surface area contributed by atoms with Gasteiger partial charge in [0.05, 0.1) is 12.6 Å². The van der Waals surface area contributed by atoms with Crippen molar-refractivity contribution in [2.24, 2.45) is 0 Å². The molecule has 0 aromatic carbocycles. The molecule has 3 nitrogen and oxygen atoms in total. The van der Waals surface area contributed by atoms with Crippen molar-refractivity contribution in [1.82, 2.24) is 0 Å². The molecule has 0 aromatic heterocycles. The standard InChI is InChI=1S/C8H12F3NO.CH4O/c9-8(10,11)13-7-4-6-2-1-3-12(6)5-7;1-2/h6-7H,1-5H2;2H,1H3/p+1. The number of fused-ring (bicyclic) bond motifs is 1. The van der Waals surface area contributed by atoms with Gasteiger partial charge in [-0.15, -0.1) is 13.2 Å². The van der Waals surface area contributed by atoms with Crippen LogP contribution in [0.4, 0.5) is 13.2 Å². The molecule has 0 radical (unpaired) electrons. The molecular weight excluding hydrogens is 211 g/mol. The van der Waals surface area contributed by atoms with Gasteiger partial charge in [-0.3, -0.25) is 4.74 Å². The zero-order valence-electron chi connectivity index (χ0n) is 8.68. The van der Waals surface area contributed by atoms with E-state index in [1.807, 2.05) is 0 Å². The average molecular weight is 228 g/mol. The van der Waals surface area contributed by atoms with Gasteiger partial charge in [0.2, 0.25) is 0 Å². The molecule has 2 heterocycles. The number of aliphatic hydroxyl groups excluding tert-OH is 1. The second-order valence-electron chi connectivity index (χ2n) is 3.87. The minimum absolute atomic E-state index is 0.423. The molecule has 3 atom stereocenters. The van der Waals surface area contributed by atoms with Crippen LogP contribution < -0.4 is 4.90 Å². The van der Waals surface area contributed by atoms with Crippen LogP contribution in [0.25, 0.3) is 0 Å². The third-order valence-corrected chi connectivity index (χ3v) is 2.97. The molecule has 15 heavy (non-hydrogen) atoms. The Morgan fingerprint density at radius 1 is 1.33 bits per heavy atom. The van der Waals surface area contributed by atoms with Gasteiger partial charge in [0.25, 0.3) is 0 Å². The number of quaternary nitrogens is 1. The van der Waals surface area contributed by atoms with E-state index in [0.29, 0.717) is 19.0 Å². The van der Waals surface area contributed by atoms with E-state index in [-0.39, 0.29) is 0 Å². The predicted molar refractivity (Wildman–Crippen MR) is 47.4 cm³/mol. The van der Waals surface area contributed by atoms with Crippen LogP contribution in [0.2, 0.25) is 0 Å². The van der Waals surface area contributed by atoms with Crippen LogP contribution in [0.1, 0.15) is 19.3 Å². The van der Waals surface area contributed by atoms with Gasteiger partial charge in [0.15, 0.2) is 0 Å². The third kappa shape index (κ3) is 3.62. The molecule has 2 fully saturated rings. The van der Waals surface area contributed by atoms with E-state index in [1.165, 1.54) is 4.90 Å². The molecule has 0 aromatic rings. The summed E-state index contributed by atoms with van der Waals surface area (Å²) in [6, 6.07) is 0.423. The number of rotatable bonds is 1. The molecule has 6 heteroatoms. The number of alkyl halides is 3. The molecule has 2 rings (SSSR count). The van der Waals surface area contributed by atoms with E-state index in [9.17, 15) is 13.2 Å². The Labute approximate surface area is 86.8 Å². The first-order valence-corrected chi connectivity index (χ1v) is 5.08. The molecule has 0 aliphatic carbocycles. The Bertz CT molecular complexity index is 186. The second kappa shape index (κ2) is 5.14. The lowest BCUT2D eigenvalue weighted by Crippen LogP contribution is -3.11. The highest BCUT2D eigenvalue weighted by atomic mass is 19.4. The topological polar surface area (TPSA) is 33.9 Å². The summed E-state index contributed by atoms with van der Waals surface area (Å²) in [6.07, 6.45) is -2.26. The van der Waals surface area contributed by atoms with Crippen LogP contribution in [-0.2, 0) is 4.74 Å². The summed E-state index contributed by atoms with van der Waals surface area (Å²) < 4.78 is 39.6. The fourth-order valence-corrected chi connectivity index (χ4v) is 2.51. The van der Waals surface area contributed by atoms with Crippen LogP contribution in [0.3, 0.4) is 0 Å². The average Bonchev–Trinajstić information content (AvgIpc) is 2.64. The molecule has 0 spiro atoms. The Balaban J connectivity index is 0.000000531. The number of ether oxygens (including phenoxy) is 1. The van der Waals surface area contributed by atoms with Gasteiger partial charge in [0.1, 0.15) is 12.6 Å². The summed E-state index contributed by atoms with van der Waals surface area (Å²) >= 11 is 0. The molecule has 0 bridgehead atoms. The maximum absolute atomic E-state index is 11.9. The molecule has 2 aliphatic rings. The number of hydrogen-bond acceptors (Lipinski definition) is 2. The summed E-state index contributed by atoms with van der Waals surface area (Å²) in [7, 11) is 1.00. The fourth-order valence-electron chi connectivity index (χ4n) is 2.51. The third-order valence-electron chi connectivity index (χ3n) is 2.97. The monoisotopic (exact) mass is 228 g/mol. The summed E-state index contributed by atoms with van der Waals surface area (Å²) in [5, 5.41) is 7.00. The van der Waals surface area contributed by atoms with Gasteiger partial charge < -0.3 is 10.0 Å². The number of nitrogens with one attached hydrogen (secondary N) is 1. The molecule has 3 unspecified atom stereocenters. The normalized spacial score (nSPS) is 34.6. The quantitative estimate of drug-likeness (QED) is 0.660. The predicted octanol–water partition coefficient (Wildman–Crippen LogP) is -0.0491. The van der Waals surface area contributed by atoms with Crippen LogP contribution in [0.15, 0.2) is 0 Å². The molecule has 2 N–H and O–H groups in total. The first-order valence-electron chi connectivity index (χ1n) is 5.08. The SMILES string of the molecule is CO.FC(F)(F)OC1CC2CCC[NH+]2C1. The van der Waals surface area contributed by atoms with E-state index in [2.05, 4.69) is 4.74 Å². The van der Waals surface area contributed by atoms with E-state index in [4.69, 9.17) is 5.11 Å². The highest BCUT2D eigenvalue weighted by Crippen LogP contribution is 2.23. The largest absolute Gasteiger partial charge is 0.522 e. The van der Waals surface area contributed by atoms with E-state index in [0.717, 1.165) is 26.5 Å². The van der Waals surface area contributed by atoms with Crippen molar-refractivity contribution < 1.29 is 27.9 Å². The van der Waals surface area contributed by atoms with Crippen molar-refractivity contribution in [3.05, 3.63) is 0 Å². The molecule has 90 valence electrons. The molecular formula is C9H17F3NO2+. The smallest absolute Gasteiger partial charge is 0.400 e. The van der Waals surface area contributed by atoms with Crippen molar-refractivity contribution in [2.75, 3.05) is 20.2 Å². The molecule has 2 aliphatic heterocycles. The summed E-state index contributed by atoms with van der Waals surface area (Å²) in [5.74, 6) is 0. The van der Waals surface area contributed by atoms with Crippen molar-refractivity contribution in [1.29, 1.82) is 0 Å². The molecule has 2 saturated heterocycles. The Morgan fingerprint density at radius 2 is 2.00 bits per heavy atom. The van der Waals surface area contributed by atoms with E-state index < -0.39 is 12.5 Å². The van der Waals surface area contributed by atoms with Crippen molar-refractivity contribution in [3.8, 4) is 0 Å². The summed E-state index contributed by atoms with van der Waals surface area (Å²) in [4.78, 5) is 1.30. The van der Waals surface area contributed by atoms with Crippen molar-refractivity contribution in [2.45, 2.75) is 37.8 Å². The van der Waals surface area contributed by atoms with Crippen molar-refractivity contribution in [3.63, 3.8) is 0 Å². The minimum atomic E-state index is -4.45. The Kier molecular flexibility index (Phi) is 4.36. The summed E-state index contributed by atoms with van der Waals surface area (Å²) in [6.45, 7) is 1.55. The first kappa shape index (κ1) is 12.7. The van der Waals surface area contributed by atoms with Crippen LogP contribution in [-0.4, -0.2) is 43.8 Å². The van der Waals surface area contributed by atoms with E-state index in [1.54, 1.807) is 0 Å². The number of hydrogen-bond donors (Lipinski definition) is 2. The van der Waals surface area contributed by atoms with Gasteiger partial charge in [-0.05, 0) is 0 Å². The van der Waals surface area contributed by atoms with Gasteiger partial charge in [-0.1, -0.05) is 0 Å². The van der Waals surface area contributed by atoms with Gasteiger partial charge >= 0.3 is 6.36 Å². The lowest BCUT2D eigenvalue weighted by molar-refractivity contribution is -0.900. The van der Waals surface area contributed by atoms with Gasteiger partial charge in [0, 0.05) is 26.4 Å². The zero-order chi connectivity index (χ0) is 11.5.